The molecule has 3 fully saturated rings. The van der Waals surface area contributed by atoms with Crippen molar-refractivity contribution in [2.75, 3.05) is 13.2 Å². The van der Waals surface area contributed by atoms with Gasteiger partial charge in [-0.3, -0.25) is 0 Å². The number of hydrogen-bond acceptors (Lipinski definition) is 1. The summed E-state index contributed by atoms with van der Waals surface area (Å²) in [5.41, 5.74) is 0. The highest BCUT2D eigenvalue weighted by Crippen LogP contribution is 2.42. The summed E-state index contributed by atoms with van der Waals surface area (Å²) in [4.78, 5) is 0. The second-order valence-corrected chi connectivity index (χ2v) is 7.44. The van der Waals surface area contributed by atoms with E-state index < -0.39 is 0 Å². The van der Waals surface area contributed by atoms with Crippen molar-refractivity contribution in [2.45, 2.75) is 77.0 Å². The van der Waals surface area contributed by atoms with Crippen molar-refractivity contribution in [1.29, 1.82) is 0 Å². The van der Waals surface area contributed by atoms with Crippen LogP contribution in [0.25, 0.3) is 0 Å². The van der Waals surface area contributed by atoms with E-state index in [-0.39, 0.29) is 0 Å². The zero-order chi connectivity index (χ0) is 12.9. The van der Waals surface area contributed by atoms with Crippen LogP contribution in [0.1, 0.15) is 77.0 Å². The van der Waals surface area contributed by atoms with Crippen molar-refractivity contribution in [1.82, 2.24) is 0 Å². The Morgan fingerprint density at radius 2 is 1.26 bits per heavy atom. The van der Waals surface area contributed by atoms with Gasteiger partial charge >= 0.3 is 0 Å². The molecule has 1 saturated heterocycles. The predicted octanol–water partition coefficient (Wildman–Crippen LogP) is 5.19. The molecule has 1 heterocycles. The van der Waals surface area contributed by atoms with Crippen LogP contribution in [0.3, 0.4) is 0 Å². The standard InChI is InChI=1S/C18H32O/c1-3-7-16(8-4-1)18(12-11-15-13-19-14-15)17-9-5-2-6-10-17/h15-18H,1-14H2. The van der Waals surface area contributed by atoms with Crippen LogP contribution in [0, 0.1) is 23.7 Å². The largest absolute Gasteiger partial charge is 0.381 e. The zero-order valence-electron chi connectivity index (χ0n) is 12.6. The van der Waals surface area contributed by atoms with Crippen LogP contribution in [0.4, 0.5) is 0 Å². The van der Waals surface area contributed by atoms with Gasteiger partial charge in [0.15, 0.2) is 0 Å². The fraction of sp³-hybridized carbons (Fsp3) is 1.00. The molecular weight excluding hydrogens is 232 g/mol. The Labute approximate surface area is 119 Å². The Kier molecular flexibility index (Phi) is 5.21. The molecule has 0 aromatic carbocycles. The van der Waals surface area contributed by atoms with Crippen LogP contribution in [0.5, 0.6) is 0 Å². The lowest BCUT2D eigenvalue weighted by Crippen LogP contribution is -2.31. The minimum atomic E-state index is 0.912. The minimum Gasteiger partial charge on any atom is -0.381 e. The Morgan fingerprint density at radius 3 is 1.68 bits per heavy atom. The van der Waals surface area contributed by atoms with E-state index >= 15 is 0 Å². The molecule has 110 valence electrons. The molecule has 0 N–H and O–H groups in total. The van der Waals surface area contributed by atoms with E-state index in [1.54, 1.807) is 25.7 Å². The highest BCUT2D eigenvalue weighted by atomic mass is 16.5. The maximum absolute atomic E-state index is 5.36. The molecule has 2 aliphatic carbocycles. The van der Waals surface area contributed by atoms with Gasteiger partial charge in [-0.2, -0.15) is 0 Å². The zero-order valence-corrected chi connectivity index (χ0v) is 12.6. The summed E-state index contributed by atoms with van der Waals surface area (Å²) in [6, 6.07) is 0. The van der Waals surface area contributed by atoms with Crippen molar-refractivity contribution < 1.29 is 4.74 Å². The van der Waals surface area contributed by atoms with Crippen molar-refractivity contribution in [3.05, 3.63) is 0 Å². The molecule has 19 heavy (non-hydrogen) atoms. The summed E-state index contributed by atoms with van der Waals surface area (Å²) in [7, 11) is 0. The molecule has 2 saturated carbocycles. The van der Waals surface area contributed by atoms with Crippen molar-refractivity contribution in [3.63, 3.8) is 0 Å². The lowest BCUT2D eigenvalue weighted by Gasteiger charge is -2.39. The highest BCUT2D eigenvalue weighted by molar-refractivity contribution is 4.83. The van der Waals surface area contributed by atoms with Crippen LogP contribution in [0.2, 0.25) is 0 Å². The van der Waals surface area contributed by atoms with Gasteiger partial charge in [-0.15, -0.1) is 0 Å². The van der Waals surface area contributed by atoms with E-state index in [0.29, 0.717) is 0 Å². The maximum atomic E-state index is 5.36. The van der Waals surface area contributed by atoms with Crippen LogP contribution in [-0.4, -0.2) is 13.2 Å². The third kappa shape index (κ3) is 3.74. The average Bonchev–Trinajstić information content (AvgIpc) is 2.43. The Hall–Kier alpha value is -0.0400. The molecule has 0 bridgehead atoms. The summed E-state index contributed by atoms with van der Waals surface area (Å²) in [5.74, 6) is 4.14. The average molecular weight is 264 g/mol. The molecule has 1 aliphatic heterocycles. The summed E-state index contributed by atoms with van der Waals surface area (Å²) in [6.45, 7) is 2.12. The molecule has 3 aliphatic rings. The summed E-state index contributed by atoms with van der Waals surface area (Å²) in [5, 5.41) is 0. The lowest BCUT2D eigenvalue weighted by molar-refractivity contribution is -0.0413. The van der Waals surface area contributed by atoms with Crippen molar-refractivity contribution >= 4 is 0 Å². The fourth-order valence-corrected chi connectivity index (χ4v) is 4.86. The van der Waals surface area contributed by atoms with Gasteiger partial charge in [0.1, 0.15) is 0 Å². The summed E-state index contributed by atoms with van der Waals surface area (Å²) >= 11 is 0. The first-order valence-corrected chi connectivity index (χ1v) is 9.01. The van der Waals surface area contributed by atoms with Crippen LogP contribution in [0.15, 0.2) is 0 Å². The summed E-state index contributed by atoms with van der Waals surface area (Å²) in [6.07, 6.45) is 18.2. The predicted molar refractivity (Wildman–Crippen MR) is 80.2 cm³/mol. The normalized spacial score (nSPS) is 27.6. The third-order valence-electron chi connectivity index (χ3n) is 6.13. The van der Waals surface area contributed by atoms with E-state index in [1.807, 2.05) is 0 Å². The van der Waals surface area contributed by atoms with Gasteiger partial charge in [0, 0.05) is 5.92 Å². The molecule has 1 heteroatoms. The first-order valence-electron chi connectivity index (χ1n) is 9.01. The monoisotopic (exact) mass is 264 g/mol. The van der Waals surface area contributed by atoms with E-state index in [9.17, 15) is 0 Å². The maximum Gasteiger partial charge on any atom is 0.0516 e. The molecule has 0 radical (unpaired) electrons. The van der Waals surface area contributed by atoms with Crippen molar-refractivity contribution in [3.8, 4) is 0 Å². The van der Waals surface area contributed by atoms with Crippen molar-refractivity contribution in [2.24, 2.45) is 23.7 Å². The fourth-order valence-electron chi connectivity index (χ4n) is 4.86. The molecule has 0 amide bonds. The molecule has 0 spiro atoms. The molecule has 1 nitrogen and oxygen atoms in total. The second-order valence-electron chi connectivity index (χ2n) is 7.44. The quantitative estimate of drug-likeness (QED) is 0.664. The smallest absolute Gasteiger partial charge is 0.0516 e. The van der Waals surface area contributed by atoms with E-state index in [4.69, 9.17) is 4.74 Å². The van der Waals surface area contributed by atoms with Gasteiger partial charge in [0.05, 0.1) is 13.2 Å². The highest BCUT2D eigenvalue weighted by Gasteiger charge is 2.32. The van der Waals surface area contributed by atoms with Crippen LogP contribution >= 0.6 is 0 Å². The van der Waals surface area contributed by atoms with E-state index in [2.05, 4.69) is 0 Å². The first kappa shape index (κ1) is 13.9. The van der Waals surface area contributed by atoms with Gasteiger partial charge in [-0.25, -0.2) is 0 Å². The molecule has 0 unspecified atom stereocenters. The Balaban J connectivity index is 1.55. The third-order valence-corrected chi connectivity index (χ3v) is 6.13. The Morgan fingerprint density at radius 1 is 0.737 bits per heavy atom. The summed E-state index contributed by atoms with van der Waals surface area (Å²) < 4.78 is 5.36. The molecule has 0 aromatic rings. The topological polar surface area (TPSA) is 9.23 Å². The molecule has 0 aromatic heterocycles. The molecule has 3 rings (SSSR count). The first-order chi connectivity index (χ1) is 9.43. The van der Waals surface area contributed by atoms with E-state index in [1.165, 1.54) is 51.4 Å². The SMILES string of the molecule is C1CCC(C(CCC2COC2)C2CCCCC2)CC1. The van der Waals surface area contributed by atoms with Gasteiger partial charge in [-0.1, -0.05) is 64.2 Å². The molecule has 0 atom stereocenters. The number of rotatable bonds is 5. The van der Waals surface area contributed by atoms with Crippen LogP contribution < -0.4 is 0 Å². The van der Waals surface area contributed by atoms with E-state index in [0.717, 1.165) is 36.9 Å². The van der Waals surface area contributed by atoms with Gasteiger partial charge < -0.3 is 4.74 Å². The Bertz CT molecular complexity index is 228. The van der Waals surface area contributed by atoms with Gasteiger partial charge in [-0.05, 0) is 30.6 Å². The second kappa shape index (κ2) is 7.11. The minimum absolute atomic E-state index is 0.912. The lowest BCUT2D eigenvalue weighted by atomic mass is 9.67. The number of ether oxygens (including phenoxy) is 1. The van der Waals surface area contributed by atoms with Crippen LogP contribution in [-0.2, 0) is 4.74 Å². The molecular formula is C18H32O. The van der Waals surface area contributed by atoms with Gasteiger partial charge in [0.2, 0.25) is 0 Å². The van der Waals surface area contributed by atoms with Gasteiger partial charge in [0.25, 0.3) is 0 Å². The number of hydrogen-bond donors (Lipinski definition) is 0.